The molecule has 0 bridgehead atoms. The van der Waals surface area contributed by atoms with Gasteiger partial charge < -0.3 is 15.1 Å². The lowest BCUT2D eigenvalue weighted by Crippen LogP contribution is -2.25. The second-order valence-electron chi connectivity index (χ2n) is 5.71. The summed E-state index contributed by atoms with van der Waals surface area (Å²) in [5, 5.41) is 10.7. The number of H-pyrrole nitrogens is 2. The van der Waals surface area contributed by atoms with E-state index in [1.54, 1.807) is 0 Å². The average Bonchev–Trinajstić information content (AvgIpc) is 3.02. The highest BCUT2D eigenvalue weighted by Gasteiger charge is 2.39. The molecule has 1 aliphatic carbocycles. The fourth-order valence-corrected chi connectivity index (χ4v) is 3.47. The number of hydrogen-bond acceptors (Lipinski definition) is 2. The van der Waals surface area contributed by atoms with E-state index in [2.05, 4.69) is 16.9 Å². The summed E-state index contributed by atoms with van der Waals surface area (Å²) in [7, 11) is 0. The first-order valence-corrected chi connectivity index (χ1v) is 7.05. The predicted octanol–water partition coefficient (Wildman–Crippen LogP) is 2.86. The van der Waals surface area contributed by atoms with Crippen LogP contribution in [0.25, 0.3) is 11.0 Å². The summed E-state index contributed by atoms with van der Waals surface area (Å²) >= 11 is 0. The van der Waals surface area contributed by atoms with Crippen LogP contribution in [0.1, 0.15) is 50.7 Å². The molecule has 4 heteroatoms. The molecule has 0 radical (unpaired) electrons. The quantitative estimate of drug-likeness (QED) is 0.794. The summed E-state index contributed by atoms with van der Waals surface area (Å²) in [5.41, 5.74) is 2.28. The van der Waals surface area contributed by atoms with E-state index in [4.69, 9.17) is 0 Å². The third-order valence-corrected chi connectivity index (χ3v) is 4.74. The zero-order valence-electron chi connectivity index (χ0n) is 11.2. The number of hydrogen-bond donors (Lipinski definition) is 3. The van der Waals surface area contributed by atoms with Gasteiger partial charge in [0.05, 0.1) is 17.1 Å². The fraction of sp³-hybridized carbons (Fsp3) is 0.533. The van der Waals surface area contributed by atoms with Crippen LogP contribution in [0, 0.1) is 5.41 Å². The largest absolute Gasteiger partial charge is 0.388 e. The standard InChI is InChI=1S/C15H20N2O2/c1-2-15(7-3-4-8-15)13(18)10-5-6-11-12(9-10)17-14(19)16-11/h5-6,9,13,18H,2-4,7-8H2,1H3,(H2,16,17,19). The molecule has 3 N–H and O–H groups in total. The van der Waals surface area contributed by atoms with E-state index in [0.717, 1.165) is 35.9 Å². The normalized spacial score (nSPS) is 19.9. The van der Waals surface area contributed by atoms with Gasteiger partial charge in [0, 0.05) is 5.41 Å². The van der Waals surface area contributed by atoms with Gasteiger partial charge in [-0.2, -0.15) is 0 Å². The van der Waals surface area contributed by atoms with Gasteiger partial charge in [-0.15, -0.1) is 0 Å². The van der Waals surface area contributed by atoms with E-state index in [0.29, 0.717) is 0 Å². The molecule has 3 rings (SSSR count). The Labute approximate surface area is 111 Å². The molecule has 1 unspecified atom stereocenters. The van der Waals surface area contributed by atoms with Crippen molar-refractivity contribution >= 4 is 11.0 Å². The maximum absolute atomic E-state index is 11.3. The molecule has 1 aliphatic rings. The third kappa shape index (κ3) is 2.00. The molecule has 1 aromatic heterocycles. The van der Waals surface area contributed by atoms with Gasteiger partial charge in [0.1, 0.15) is 0 Å². The van der Waals surface area contributed by atoms with Crippen molar-refractivity contribution in [3.8, 4) is 0 Å². The van der Waals surface area contributed by atoms with Crippen molar-refractivity contribution in [1.29, 1.82) is 0 Å². The number of aliphatic hydroxyl groups excluding tert-OH is 1. The monoisotopic (exact) mass is 260 g/mol. The highest BCUT2D eigenvalue weighted by Crippen LogP contribution is 2.50. The number of nitrogens with one attached hydrogen (secondary N) is 2. The topological polar surface area (TPSA) is 68.9 Å². The van der Waals surface area contributed by atoms with E-state index < -0.39 is 6.10 Å². The zero-order valence-corrected chi connectivity index (χ0v) is 11.2. The van der Waals surface area contributed by atoms with Crippen LogP contribution in [0.15, 0.2) is 23.0 Å². The van der Waals surface area contributed by atoms with Crippen LogP contribution < -0.4 is 5.69 Å². The number of aromatic amines is 2. The predicted molar refractivity (Wildman–Crippen MR) is 75.1 cm³/mol. The van der Waals surface area contributed by atoms with Gasteiger partial charge in [-0.1, -0.05) is 25.8 Å². The molecule has 4 nitrogen and oxygen atoms in total. The molecule has 2 aromatic rings. The first kappa shape index (κ1) is 12.5. The summed E-state index contributed by atoms with van der Waals surface area (Å²) in [6, 6.07) is 5.68. The minimum atomic E-state index is -0.442. The highest BCUT2D eigenvalue weighted by molar-refractivity contribution is 5.75. The first-order chi connectivity index (χ1) is 9.14. The summed E-state index contributed by atoms with van der Waals surface area (Å²) in [6.07, 6.45) is 5.14. The van der Waals surface area contributed by atoms with E-state index in [1.165, 1.54) is 12.8 Å². The molecule has 0 spiro atoms. The van der Waals surface area contributed by atoms with Gasteiger partial charge in [0.2, 0.25) is 0 Å². The Morgan fingerprint density at radius 2 is 1.95 bits per heavy atom. The molecule has 102 valence electrons. The Kier molecular flexibility index (Phi) is 2.97. The Balaban J connectivity index is 2.00. The molecule has 19 heavy (non-hydrogen) atoms. The van der Waals surface area contributed by atoms with Gasteiger partial charge in [-0.25, -0.2) is 4.79 Å². The van der Waals surface area contributed by atoms with E-state index in [1.807, 2.05) is 18.2 Å². The smallest absolute Gasteiger partial charge is 0.323 e. The Bertz CT molecular complexity index is 635. The lowest BCUT2D eigenvalue weighted by atomic mass is 9.75. The lowest BCUT2D eigenvalue weighted by Gasteiger charge is -2.33. The molecule has 1 fully saturated rings. The fourth-order valence-electron chi connectivity index (χ4n) is 3.47. The van der Waals surface area contributed by atoms with Crippen LogP contribution in [0.5, 0.6) is 0 Å². The Morgan fingerprint density at radius 3 is 2.63 bits per heavy atom. The van der Waals surface area contributed by atoms with Crippen molar-refractivity contribution in [3.63, 3.8) is 0 Å². The number of aliphatic hydroxyl groups is 1. The summed E-state index contributed by atoms with van der Waals surface area (Å²) in [4.78, 5) is 16.7. The van der Waals surface area contributed by atoms with Gasteiger partial charge in [0.25, 0.3) is 0 Å². The van der Waals surface area contributed by atoms with Crippen molar-refractivity contribution in [2.24, 2.45) is 5.41 Å². The molecule has 0 amide bonds. The van der Waals surface area contributed by atoms with Crippen molar-refractivity contribution in [1.82, 2.24) is 9.97 Å². The lowest BCUT2D eigenvalue weighted by molar-refractivity contribution is 0.0238. The SMILES string of the molecule is CCC1(C(O)c2ccc3[nH]c(=O)[nH]c3c2)CCCC1. The van der Waals surface area contributed by atoms with Crippen LogP contribution in [0.3, 0.4) is 0 Å². The zero-order chi connectivity index (χ0) is 13.5. The maximum atomic E-state index is 11.3. The van der Waals surface area contributed by atoms with Crippen molar-refractivity contribution in [3.05, 3.63) is 34.2 Å². The van der Waals surface area contributed by atoms with Gasteiger partial charge >= 0.3 is 5.69 Å². The molecule has 1 heterocycles. The van der Waals surface area contributed by atoms with Gasteiger partial charge in [-0.3, -0.25) is 0 Å². The summed E-state index contributed by atoms with van der Waals surface area (Å²) in [6.45, 7) is 2.16. The first-order valence-electron chi connectivity index (χ1n) is 7.05. The minimum Gasteiger partial charge on any atom is -0.388 e. The number of rotatable bonds is 3. The number of aromatic nitrogens is 2. The van der Waals surface area contributed by atoms with E-state index in [-0.39, 0.29) is 11.1 Å². The van der Waals surface area contributed by atoms with Crippen molar-refractivity contribution in [2.75, 3.05) is 0 Å². The van der Waals surface area contributed by atoms with E-state index >= 15 is 0 Å². The summed E-state index contributed by atoms with van der Waals surface area (Å²) < 4.78 is 0. The van der Waals surface area contributed by atoms with Crippen molar-refractivity contribution < 1.29 is 5.11 Å². The van der Waals surface area contributed by atoms with Crippen LogP contribution >= 0.6 is 0 Å². The summed E-state index contributed by atoms with van der Waals surface area (Å²) in [5.74, 6) is 0. The Morgan fingerprint density at radius 1 is 1.26 bits per heavy atom. The minimum absolute atomic E-state index is 0.0181. The molecule has 1 aromatic carbocycles. The molecule has 0 saturated heterocycles. The maximum Gasteiger partial charge on any atom is 0.323 e. The third-order valence-electron chi connectivity index (χ3n) is 4.74. The highest BCUT2D eigenvalue weighted by atomic mass is 16.3. The molecule has 1 atom stereocenters. The van der Waals surface area contributed by atoms with Crippen LogP contribution in [-0.4, -0.2) is 15.1 Å². The van der Waals surface area contributed by atoms with Crippen LogP contribution in [-0.2, 0) is 0 Å². The number of imidazole rings is 1. The van der Waals surface area contributed by atoms with E-state index in [9.17, 15) is 9.90 Å². The number of benzene rings is 1. The number of fused-ring (bicyclic) bond motifs is 1. The second-order valence-corrected chi connectivity index (χ2v) is 5.71. The molecular weight excluding hydrogens is 240 g/mol. The average molecular weight is 260 g/mol. The second kappa shape index (κ2) is 4.53. The molecular formula is C15H20N2O2. The van der Waals surface area contributed by atoms with Crippen LogP contribution in [0.2, 0.25) is 0 Å². The van der Waals surface area contributed by atoms with Crippen molar-refractivity contribution in [2.45, 2.75) is 45.1 Å². The Hall–Kier alpha value is -1.55. The van der Waals surface area contributed by atoms with Gasteiger partial charge in [-0.05, 0) is 37.0 Å². The molecule has 1 saturated carbocycles. The van der Waals surface area contributed by atoms with Crippen LogP contribution in [0.4, 0.5) is 0 Å². The molecule has 0 aliphatic heterocycles. The van der Waals surface area contributed by atoms with Gasteiger partial charge in [0.15, 0.2) is 0 Å².